The number of benzene rings is 3. The van der Waals surface area contributed by atoms with Gasteiger partial charge in [0.1, 0.15) is 11.4 Å². The summed E-state index contributed by atoms with van der Waals surface area (Å²) in [5.41, 5.74) is 7.71. The lowest BCUT2D eigenvalue weighted by molar-refractivity contribution is -0.116. The second-order valence-corrected chi connectivity index (χ2v) is 8.71. The average Bonchev–Trinajstić information content (AvgIpc) is 3.24. The molecule has 0 aliphatic carbocycles. The fourth-order valence-electron chi connectivity index (χ4n) is 3.49. The van der Waals surface area contributed by atoms with Crippen molar-refractivity contribution in [2.24, 2.45) is 0 Å². The van der Waals surface area contributed by atoms with Crippen molar-refractivity contribution < 1.29 is 23.8 Å². The van der Waals surface area contributed by atoms with Gasteiger partial charge in [-0.15, -0.1) is 0 Å². The van der Waals surface area contributed by atoms with Crippen LogP contribution in [0.5, 0.6) is 11.5 Å². The number of aliphatic hydroxyl groups is 1. The third-order valence-electron chi connectivity index (χ3n) is 5.17. The molecule has 0 spiro atoms. The van der Waals surface area contributed by atoms with Gasteiger partial charge in [0.15, 0.2) is 11.6 Å². The number of aromatic amines is 1. The molecule has 186 valence electrons. The average molecular weight is 531 g/mol. The minimum absolute atomic E-state index is 0.0139. The van der Waals surface area contributed by atoms with Gasteiger partial charge in [0.05, 0.1) is 18.1 Å². The van der Waals surface area contributed by atoms with Crippen LogP contribution in [0, 0.1) is 5.82 Å². The molecule has 4 rings (SSSR count). The first kappa shape index (κ1) is 25.3. The van der Waals surface area contributed by atoms with E-state index in [0.29, 0.717) is 27.3 Å². The summed E-state index contributed by atoms with van der Waals surface area (Å²) in [4.78, 5) is 27.4. The maximum Gasteiger partial charge on any atom is 0.267 e. The van der Waals surface area contributed by atoms with Crippen molar-refractivity contribution in [1.29, 1.82) is 0 Å². The molecule has 0 aliphatic rings. The number of H-pyrrole nitrogens is 1. The number of aromatic nitrogens is 1. The number of rotatable bonds is 8. The van der Waals surface area contributed by atoms with E-state index in [1.165, 1.54) is 30.3 Å². The Labute approximate surface area is 215 Å². The van der Waals surface area contributed by atoms with Crippen molar-refractivity contribution in [3.8, 4) is 11.5 Å². The number of nitrogens with one attached hydrogen (secondary N) is 3. The van der Waals surface area contributed by atoms with Crippen LogP contribution in [0.15, 0.2) is 54.6 Å². The molecule has 36 heavy (non-hydrogen) atoms. The van der Waals surface area contributed by atoms with E-state index in [0.717, 1.165) is 0 Å². The summed E-state index contributed by atoms with van der Waals surface area (Å²) in [5.74, 6) is -1.52. The third-order valence-corrected chi connectivity index (χ3v) is 5.69. The smallest absolute Gasteiger partial charge is 0.267 e. The number of halogens is 3. The number of carbonyl (C=O) groups excluding carboxylic acids is 2. The molecule has 0 atom stereocenters. The zero-order valence-corrected chi connectivity index (χ0v) is 20.2. The van der Waals surface area contributed by atoms with Gasteiger partial charge in [-0.3, -0.25) is 9.59 Å². The summed E-state index contributed by atoms with van der Waals surface area (Å²) in [6.07, 6.45) is -0.0139. The number of amides is 2. The Hall–Kier alpha value is -3.79. The molecule has 0 radical (unpaired) electrons. The van der Waals surface area contributed by atoms with Crippen molar-refractivity contribution in [1.82, 2.24) is 10.3 Å². The molecule has 0 fully saturated rings. The SMILES string of the molecule is Nc1cc(Cl)cc(Oc2c(Cl)ccc(CNC(=O)c3cc4cc(NC(=O)CCO)ccc4[nH]3)c2F)c1. The second-order valence-electron chi connectivity index (χ2n) is 7.86. The lowest BCUT2D eigenvalue weighted by atomic mass is 10.2. The molecule has 0 saturated heterocycles. The van der Waals surface area contributed by atoms with Crippen LogP contribution in [-0.2, 0) is 11.3 Å². The highest BCUT2D eigenvalue weighted by molar-refractivity contribution is 6.32. The Bertz CT molecular complexity index is 1440. The molecule has 2 amide bonds. The number of anilines is 2. The molecule has 0 aliphatic heterocycles. The van der Waals surface area contributed by atoms with Crippen molar-refractivity contribution >= 4 is 57.3 Å². The number of hydrogen-bond acceptors (Lipinski definition) is 5. The summed E-state index contributed by atoms with van der Waals surface area (Å²) in [5, 5.41) is 15.2. The first-order valence-electron chi connectivity index (χ1n) is 10.8. The number of ether oxygens (including phenoxy) is 1. The molecule has 1 heterocycles. The Balaban J connectivity index is 1.47. The van der Waals surface area contributed by atoms with Gasteiger partial charge in [0.2, 0.25) is 5.91 Å². The fraction of sp³-hybridized carbons (Fsp3) is 0.120. The maximum absolute atomic E-state index is 15.2. The van der Waals surface area contributed by atoms with Gasteiger partial charge in [-0.25, -0.2) is 4.39 Å². The highest BCUT2D eigenvalue weighted by Crippen LogP contribution is 2.35. The zero-order chi connectivity index (χ0) is 25.8. The van der Waals surface area contributed by atoms with E-state index in [-0.39, 0.29) is 53.3 Å². The predicted molar refractivity (Wildman–Crippen MR) is 137 cm³/mol. The predicted octanol–water partition coefficient (Wildman–Crippen LogP) is 5.24. The van der Waals surface area contributed by atoms with Gasteiger partial charge in [0, 0.05) is 45.5 Å². The van der Waals surface area contributed by atoms with E-state index < -0.39 is 11.7 Å². The normalized spacial score (nSPS) is 10.9. The Morgan fingerprint density at radius 3 is 2.64 bits per heavy atom. The molecule has 3 aromatic carbocycles. The van der Waals surface area contributed by atoms with Gasteiger partial charge in [-0.1, -0.05) is 29.3 Å². The number of nitrogens with two attached hydrogens (primary N) is 1. The molecule has 0 bridgehead atoms. The topological polar surface area (TPSA) is 129 Å². The van der Waals surface area contributed by atoms with Gasteiger partial charge < -0.3 is 31.2 Å². The monoisotopic (exact) mass is 530 g/mol. The Morgan fingerprint density at radius 2 is 1.89 bits per heavy atom. The minimum atomic E-state index is -0.735. The van der Waals surface area contributed by atoms with E-state index in [1.807, 2.05) is 0 Å². The van der Waals surface area contributed by atoms with Gasteiger partial charge >= 0.3 is 0 Å². The van der Waals surface area contributed by atoms with Crippen LogP contribution in [0.1, 0.15) is 22.5 Å². The van der Waals surface area contributed by atoms with E-state index in [1.54, 1.807) is 24.3 Å². The lowest BCUT2D eigenvalue weighted by Gasteiger charge is -2.13. The quantitative estimate of drug-likeness (QED) is 0.199. The molecule has 0 unspecified atom stereocenters. The largest absolute Gasteiger partial charge is 0.453 e. The summed E-state index contributed by atoms with van der Waals surface area (Å²) in [6.45, 7) is -0.382. The highest BCUT2D eigenvalue weighted by atomic mass is 35.5. The van der Waals surface area contributed by atoms with Crippen LogP contribution in [0.4, 0.5) is 15.8 Å². The molecule has 0 saturated carbocycles. The first-order valence-corrected chi connectivity index (χ1v) is 11.5. The minimum Gasteiger partial charge on any atom is -0.453 e. The summed E-state index contributed by atoms with van der Waals surface area (Å²) >= 11 is 12.1. The van der Waals surface area contributed by atoms with Crippen molar-refractivity contribution in [3.05, 3.63) is 81.7 Å². The number of nitrogen functional groups attached to an aromatic ring is 1. The number of fused-ring (bicyclic) bond motifs is 1. The van der Waals surface area contributed by atoms with Crippen molar-refractivity contribution in [3.63, 3.8) is 0 Å². The number of aliphatic hydroxyl groups excluding tert-OH is 1. The first-order chi connectivity index (χ1) is 17.2. The van der Waals surface area contributed by atoms with Gasteiger partial charge in [-0.2, -0.15) is 0 Å². The molecule has 6 N–H and O–H groups in total. The molecule has 4 aromatic rings. The fourth-order valence-corrected chi connectivity index (χ4v) is 3.91. The van der Waals surface area contributed by atoms with Gasteiger partial charge in [-0.05, 0) is 42.5 Å². The standard InChI is InChI=1S/C25H21Cl2FN4O4/c26-15-9-16(29)11-18(10-15)36-24-19(27)3-1-13(23(24)28)12-30-25(35)21-8-14-7-17(2-4-20(14)32-21)31-22(34)5-6-33/h1-4,7-11,32-33H,5-6,12,29H2,(H,30,35)(H,31,34). The number of carbonyl (C=O) groups is 2. The third kappa shape index (κ3) is 5.88. The van der Waals surface area contributed by atoms with E-state index >= 15 is 4.39 Å². The molecule has 1 aromatic heterocycles. The van der Waals surface area contributed by atoms with Crippen molar-refractivity contribution in [2.75, 3.05) is 17.7 Å². The molecular formula is C25H21Cl2FN4O4. The van der Waals surface area contributed by atoms with Crippen LogP contribution < -0.4 is 21.1 Å². The van der Waals surface area contributed by atoms with E-state index in [4.69, 9.17) is 38.8 Å². The highest BCUT2D eigenvalue weighted by Gasteiger charge is 2.17. The van der Waals surface area contributed by atoms with Gasteiger partial charge in [0.25, 0.3) is 5.91 Å². The van der Waals surface area contributed by atoms with Crippen LogP contribution >= 0.6 is 23.2 Å². The Kier molecular flexibility index (Phi) is 7.64. The van der Waals surface area contributed by atoms with E-state index in [2.05, 4.69) is 15.6 Å². The van der Waals surface area contributed by atoms with E-state index in [9.17, 15) is 9.59 Å². The summed E-state index contributed by atoms with van der Waals surface area (Å²) in [7, 11) is 0. The lowest BCUT2D eigenvalue weighted by Crippen LogP contribution is -2.23. The van der Waals surface area contributed by atoms with Crippen LogP contribution in [-0.4, -0.2) is 28.5 Å². The maximum atomic E-state index is 15.2. The van der Waals surface area contributed by atoms with Crippen LogP contribution in [0.3, 0.4) is 0 Å². The number of hydrogen-bond donors (Lipinski definition) is 5. The Morgan fingerprint density at radius 1 is 1.08 bits per heavy atom. The molecule has 11 heteroatoms. The van der Waals surface area contributed by atoms with Crippen LogP contribution in [0.25, 0.3) is 10.9 Å². The zero-order valence-electron chi connectivity index (χ0n) is 18.7. The summed E-state index contributed by atoms with van der Waals surface area (Å²) < 4.78 is 20.8. The van der Waals surface area contributed by atoms with Crippen LogP contribution in [0.2, 0.25) is 10.0 Å². The summed E-state index contributed by atoms with van der Waals surface area (Å²) in [6, 6.07) is 14.1. The van der Waals surface area contributed by atoms with Crippen molar-refractivity contribution in [2.45, 2.75) is 13.0 Å². The second kappa shape index (κ2) is 10.9. The molecule has 8 nitrogen and oxygen atoms in total. The molecular weight excluding hydrogens is 510 g/mol.